The maximum absolute atomic E-state index is 12.6. The Bertz CT molecular complexity index is 981. The van der Waals surface area contributed by atoms with Crippen LogP contribution in [0.3, 0.4) is 0 Å². The molecule has 152 valence electrons. The van der Waals surface area contributed by atoms with Crippen LogP contribution in [0.25, 0.3) is 0 Å². The molecule has 0 bridgehead atoms. The molecule has 9 nitrogen and oxygen atoms in total. The first-order valence-corrected chi connectivity index (χ1v) is 10.8. The molecule has 1 amide bonds. The number of nitrogens with one attached hydrogen (secondary N) is 1. The Labute approximate surface area is 166 Å². The molecule has 0 radical (unpaired) electrons. The predicted molar refractivity (Wildman–Crippen MR) is 109 cm³/mol. The molecule has 3 heterocycles. The number of aryl methyl sites for hydroxylation is 1. The van der Waals surface area contributed by atoms with Gasteiger partial charge in [0.25, 0.3) is 5.91 Å². The Morgan fingerprint density at radius 1 is 1.18 bits per heavy atom. The third-order valence-corrected chi connectivity index (χ3v) is 7.33. The molecule has 0 atom stereocenters. The smallest absolute Gasteiger partial charge is 0.277 e. The minimum Gasteiger partial charge on any atom is -0.353 e. The van der Waals surface area contributed by atoms with E-state index in [2.05, 4.69) is 20.3 Å². The summed E-state index contributed by atoms with van der Waals surface area (Å²) >= 11 is 0. The molecule has 28 heavy (non-hydrogen) atoms. The van der Waals surface area contributed by atoms with Gasteiger partial charge in [0.15, 0.2) is 5.69 Å². The van der Waals surface area contributed by atoms with Crippen LogP contribution in [0.5, 0.6) is 0 Å². The number of carbonyl (C=O) groups excluding carboxylic acids is 1. The number of sulfonamides is 1. The first kappa shape index (κ1) is 18.8. The summed E-state index contributed by atoms with van der Waals surface area (Å²) in [6.07, 6.45) is 4.75. The number of nitrogens with zero attached hydrogens (tertiary/aromatic N) is 5. The zero-order chi connectivity index (χ0) is 19.7. The van der Waals surface area contributed by atoms with Gasteiger partial charge in [-0.05, 0) is 31.9 Å². The number of rotatable bonds is 5. The van der Waals surface area contributed by atoms with Crippen molar-refractivity contribution in [2.75, 3.05) is 36.4 Å². The number of aromatic nitrogens is 3. The quantitative estimate of drug-likeness (QED) is 0.802. The zero-order valence-corrected chi connectivity index (χ0v) is 16.4. The molecule has 1 aliphatic heterocycles. The van der Waals surface area contributed by atoms with Gasteiger partial charge in [0.1, 0.15) is 11.6 Å². The second-order valence-corrected chi connectivity index (χ2v) is 9.17. The predicted octanol–water partition coefficient (Wildman–Crippen LogP) is 1.54. The Morgan fingerprint density at radius 3 is 2.57 bits per heavy atom. The summed E-state index contributed by atoms with van der Waals surface area (Å²) in [7, 11) is -3.16. The lowest BCUT2D eigenvalue weighted by atomic mass is 10.3. The molecule has 0 aromatic carbocycles. The van der Waals surface area contributed by atoms with E-state index in [1.807, 2.05) is 4.90 Å². The third kappa shape index (κ3) is 3.83. The molecule has 0 unspecified atom stereocenters. The number of carbonyl (C=O) groups is 1. The highest BCUT2D eigenvalue weighted by Gasteiger charge is 2.41. The van der Waals surface area contributed by atoms with E-state index in [9.17, 15) is 13.2 Å². The van der Waals surface area contributed by atoms with E-state index in [-0.39, 0.29) is 19.7 Å². The molecule has 2 aliphatic rings. The number of amides is 1. The van der Waals surface area contributed by atoms with Gasteiger partial charge in [-0.1, -0.05) is 6.07 Å². The van der Waals surface area contributed by atoms with Gasteiger partial charge < -0.3 is 10.2 Å². The monoisotopic (exact) mass is 406 g/mol. The van der Waals surface area contributed by atoms with Crippen molar-refractivity contribution in [3.8, 4) is 0 Å². The van der Waals surface area contributed by atoms with Crippen LogP contribution in [0.2, 0.25) is 0 Å². The Hall–Kier alpha value is -2.59. The van der Waals surface area contributed by atoms with Crippen molar-refractivity contribution in [3.63, 3.8) is 0 Å². The first-order chi connectivity index (χ1) is 13.4. The van der Waals surface area contributed by atoms with E-state index in [1.165, 1.54) is 0 Å². The molecule has 1 saturated carbocycles. The minimum atomic E-state index is -3.16. The van der Waals surface area contributed by atoms with Crippen molar-refractivity contribution in [3.05, 3.63) is 42.0 Å². The van der Waals surface area contributed by atoms with Gasteiger partial charge in [0.2, 0.25) is 10.0 Å². The van der Waals surface area contributed by atoms with E-state index in [0.717, 1.165) is 12.8 Å². The highest BCUT2D eigenvalue weighted by molar-refractivity contribution is 7.90. The van der Waals surface area contributed by atoms with Gasteiger partial charge in [-0.3, -0.25) is 9.78 Å². The molecule has 10 heteroatoms. The summed E-state index contributed by atoms with van der Waals surface area (Å²) in [5, 5.41) is 2.52. The Kier molecular flexibility index (Phi) is 4.98. The number of hydrogen-bond donors (Lipinski definition) is 1. The van der Waals surface area contributed by atoms with Crippen LogP contribution in [0.15, 0.2) is 30.6 Å². The van der Waals surface area contributed by atoms with Gasteiger partial charge in [-0.15, -0.1) is 0 Å². The van der Waals surface area contributed by atoms with Crippen LogP contribution < -0.4 is 10.2 Å². The molecule has 2 aromatic rings. The maximum Gasteiger partial charge on any atom is 0.277 e. The molecule has 1 N–H and O–H groups in total. The lowest BCUT2D eigenvalue weighted by Crippen LogP contribution is -2.50. The summed E-state index contributed by atoms with van der Waals surface area (Å²) in [6.45, 7) is 3.61. The number of anilines is 2. The normalized spacial score (nSPS) is 18.1. The fourth-order valence-electron chi connectivity index (χ4n) is 3.17. The minimum absolute atomic E-state index is 0. The van der Waals surface area contributed by atoms with Crippen LogP contribution in [-0.2, 0) is 10.0 Å². The average molecular weight is 407 g/mol. The highest BCUT2D eigenvalue weighted by atomic mass is 32.2. The fraction of sp³-hybridized carbons (Fsp3) is 0.444. The third-order valence-electron chi connectivity index (χ3n) is 4.93. The van der Waals surface area contributed by atoms with E-state index in [1.54, 1.807) is 41.8 Å². The Balaban J connectivity index is 0.00000160. The van der Waals surface area contributed by atoms with E-state index in [0.29, 0.717) is 43.5 Å². The summed E-state index contributed by atoms with van der Waals surface area (Å²) in [5.41, 5.74) is 0.753. The highest BCUT2D eigenvalue weighted by Crippen LogP contribution is 2.31. The molecular weight excluding hydrogens is 380 g/mol. The summed E-state index contributed by atoms with van der Waals surface area (Å²) < 4.78 is 26.3. The zero-order valence-electron chi connectivity index (χ0n) is 15.6. The van der Waals surface area contributed by atoms with E-state index < -0.39 is 10.0 Å². The lowest BCUT2D eigenvalue weighted by Gasteiger charge is -2.34. The van der Waals surface area contributed by atoms with Crippen molar-refractivity contribution in [2.45, 2.75) is 25.0 Å². The first-order valence-electron chi connectivity index (χ1n) is 9.25. The maximum atomic E-state index is 12.6. The molecular formula is C18H26N6O3S. The molecule has 4 rings (SSSR count). The van der Waals surface area contributed by atoms with Gasteiger partial charge in [0.05, 0.1) is 17.1 Å². The van der Waals surface area contributed by atoms with E-state index >= 15 is 0 Å². The molecule has 0 spiro atoms. The fourth-order valence-corrected chi connectivity index (χ4v) is 4.99. The van der Waals surface area contributed by atoms with Crippen LogP contribution >= 0.6 is 0 Å². The molecule has 2 fully saturated rings. The lowest BCUT2D eigenvalue weighted by molar-refractivity contribution is 0.102. The van der Waals surface area contributed by atoms with Crippen molar-refractivity contribution >= 4 is 27.6 Å². The number of hydrogen-bond acceptors (Lipinski definition) is 7. The number of piperazine rings is 1. The molecule has 2 aromatic heterocycles. The molecule has 1 aliphatic carbocycles. The van der Waals surface area contributed by atoms with Crippen molar-refractivity contribution in [1.82, 2.24) is 19.3 Å². The summed E-state index contributed by atoms with van der Waals surface area (Å²) in [6, 6.07) is 5.25. The average Bonchev–Trinajstić information content (AvgIpc) is 3.55. The van der Waals surface area contributed by atoms with Crippen LogP contribution in [0.1, 0.15) is 31.9 Å². The van der Waals surface area contributed by atoms with Gasteiger partial charge in [0, 0.05) is 35.2 Å². The SMILES string of the molecule is Cc1ncc(N2CCN(S(=O)(=O)C3CC3)CC2)nc1C(=O)Nc1ccccn1.[HH].[HH]. The second kappa shape index (κ2) is 7.44. The second-order valence-electron chi connectivity index (χ2n) is 6.96. The van der Waals surface area contributed by atoms with Crippen LogP contribution in [-0.4, -0.2) is 65.0 Å². The largest absolute Gasteiger partial charge is 0.353 e. The molecule has 1 saturated heterocycles. The van der Waals surface area contributed by atoms with Gasteiger partial charge >= 0.3 is 0 Å². The Morgan fingerprint density at radius 2 is 1.93 bits per heavy atom. The summed E-state index contributed by atoms with van der Waals surface area (Å²) in [4.78, 5) is 27.4. The van der Waals surface area contributed by atoms with Crippen molar-refractivity contribution < 1.29 is 16.1 Å². The number of pyridine rings is 1. The standard InChI is InChI=1S/C18H22N6O3S.2H2/c1-13-17(18(25)21-15-4-2-3-7-19-15)22-16(12-20-13)23-8-10-24(11-9-23)28(26,27)14-5-6-14;;/h2-4,7,12,14H,5-6,8-11H2,1H3,(H,19,21,25);2*1H. The van der Waals surface area contributed by atoms with Crippen LogP contribution in [0.4, 0.5) is 11.6 Å². The summed E-state index contributed by atoms with van der Waals surface area (Å²) in [5.74, 6) is 0.638. The van der Waals surface area contributed by atoms with Crippen molar-refractivity contribution in [1.29, 1.82) is 0 Å². The van der Waals surface area contributed by atoms with Gasteiger partial charge in [-0.25, -0.2) is 18.4 Å². The van der Waals surface area contributed by atoms with Crippen LogP contribution in [0, 0.1) is 6.92 Å². The van der Waals surface area contributed by atoms with Crippen molar-refractivity contribution in [2.24, 2.45) is 0 Å². The van der Waals surface area contributed by atoms with E-state index in [4.69, 9.17) is 0 Å². The van der Waals surface area contributed by atoms with Gasteiger partial charge in [-0.2, -0.15) is 4.31 Å². The topological polar surface area (TPSA) is 108 Å².